The number of nitrogens with one attached hydrogen (secondary N) is 1. The van der Waals surface area contributed by atoms with Crippen LogP contribution in [0.25, 0.3) is 11.3 Å². The third-order valence-electron chi connectivity index (χ3n) is 3.12. The maximum atomic E-state index is 13.8. The quantitative estimate of drug-likeness (QED) is 0.882. The topological polar surface area (TPSA) is 45.8 Å². The number of aryl methyl sites for hydroxylation is 1. The van der Waals surface area contributed by atoms with E-state index in [1.54, 1.807) is 12.1 Å². The van der Waals surface area contributed by atoms with Gasteiger partial charge in [-0.2, -0.15) is 0 Å². The monoisotopic (exact) mass is 244 g/mol. The molecule has 1 aromatic carbocycles. The van der Waals surface area contributed by atoms with Crippen LogP contribution in [0.1, 0.15) is 30.1 Å². The Morgan fingerprint density at radius 1 is 1.33 bits per heavy atom. The fourth-order valence-corrected chi connectivity index (χ4v) is 2.00. The van der Waals surface area contributed by atoms with Crippen LogP contribution in [0, 0.1) is 12.7 Å². The number of rotatable bonds is 2. The highest BCUT2D eigenvalue weighted by molar-refractivity contribution is 5.60. The van der Waals surface area contributed by atoms with Crippen molar-refractivity contribution in [3.63, 3.8) is 0 Å². The highest BCUT2D eigenvalue weighted by Gasteiger charge is 2.26. The van der Waals surface area contributed by atoms with E-state index in [0.717, 1.165) is 18.4 Å². The van der Waals surface area contributed by atoms with Crippen molar-refractivity contribution < 1.29 is 4.39 Å². The zero-order valence-corrected chi connectivity index (χ0v) is 10.0. The molecule has 0 spiro atoms. The molecule has 0 radical (unpaired) electrons. The Kier molecular flexibility index (Phi) is 2.51. The van der Waals surface area contributed by atoms with E-state index in [1.165, 1.54) is 12.1 Å². The minimum atomic E-state index is -0.347. The van der Waals surface area contributed by atoms with Gasteiger partial charge in [0, 0.05) is 17.5 Å². The fourth-order valence-electron chi connectivity index (χ4n) is 2.00. The largest absolute Gasteiger partial charge is 0.310 e. The molecule has 0 atom stereocenters. The van der Waals surface area contributed by atoms with E-state index in [2.05, 4.69) is 9.97 Å². The molecular formula is C14H13FN2O. The molecule has 0 bridgehead atoms. The fraction of sp³-hybridized carbons (Fsp3) is 0.286. The van der Waals surface area contributed by atoms with Crippen molar-refractivity contribution in [1.29, 1.82) is 0 Å². The lowest BCUT2D eigenvalue weighted by atomic mass is 10.1. The van der Waals surface area contributed by atoms with Crippen molar-refractivity contribution >= 4 is 0 Å². The van der Waals surface area contributed by atoms with Gasteiger partial charge >= 0.3 is 0 Å². The molecule has 1 aliphatic rings. The first-order valence-electron chi connectivity index (χ1n) is 6.01. The van der Waals surface area contributed by atoms with E-state index in [4.69, 9.17) is 0 Å². The van der Waals surface area contributed by atoms with E-state index >= 15 is 0 Å². The van der Waals surface area contributed by atoms with Crippen LogP contribution in [-0.4, -0.2) is 9.97 Å². The van der Waals surface area contributed by atoms with Gasteiger partial charge in [0.1, 0.15) is 11.6 Å². The standard InChI is InChI=1S/C14H13FN2O/c1-8-2-5-11(15)10(6-8)12-7-13(18)17-14(16-12)9-3-4-9/h2,5-7,9H,3-4H2,1H3,(H,16,17,18). The van der Waals surface area contributed by atoms with Crippen LogP contribution in [0.5, 0.6) is 0 Å². The maximum absolute atomic E-state index is 13.8. The van der Waals surface area contributed by atoms with Gasteiger partial charge in [0.25, 0.3) is 5.56 Å². The Morgan fingerprint density at radius 2 is 2.11 bits per heavy atom. The molecule has 3 rings (SSSR count). The van der Waals surface area contributed by atoms with Crippen LogP contribution in [-0.2, 0) is 0 Å². The molecule has 1 saturated carbocycles. The third kappa shape index (κ3) is 2.06. The number of halogens is 1. The normalized spacial score (nSPS) is 14.8. The molecule has 1 aliphatic carbocycles. The molecule has 1 aromatic heterocycles. The Balaban J connectivity index is 2.15. The summed E-state index contributed by atoms with van der Waals surface area (Å²) in [5, 5.41) is 0. The summed E-state index contributed by atoms with van der Waals surface area (Å²) in [6.45, 7) is 1.89. The molecule has 2 aromatic rings. The van der Waals surface area contributed by atoms with Gasteiger partial charge in [-0.3, -0.25) is 4.79 Å². The SMILES string of the molecule is Cc1ccc(F)c(-c2cc(=O)[nH]c(C3CC3)n2)c1. The number of hydrogen-bond donors (Lipinski definition) is 1. The highest BCUT2D eigenvalue weighted by atomic mass is 19.1. The summed E-state index contributed by atoms with van der Waals surface area (Å²) >= 11 is 0. The molecule has 3 nitrogen and oxygen atoms in total. The van der Waals surface area contributed by atoms with Gasteiger partial charge in [-0.05, 0) is 31.9 Å². The van der Waals surface area contributed by atoms with E-state index in [0.29, 0.717) is 23.0 Å². The average molecular weight is 244 g/mol. The van der Waals surface area contributed by atoms with Crippen LogP contribution < -0.4 is 5.56 Å². The van der Waals surface area contributed by atoms with Crippen LogP contribution in [0.3, 0.4) is 0 Å². The van der Waals surface area contributed by atoms with Crippen molar-refractivity contribution in [2.75, 3.05) is 0 Å². The lowest BCUT2D eigenvalue weighted by molar-refractivity contribution is 0.630. The van der Waals surface area contributed by atoms with Gasteiger partial charge in [0.05, 0.1) is 5.69 Å². The molecule has 4 heteroatoms. The first kappa shape index (κ1) is 11.1. The molecule has 1 fully saturated rings. The lowest BCUT2D eigenvalue weighted by Gasteiger charge is -2.05. The van der Waals surface area contributed by atoms with Crippen molar-refractivity contribution in [2.45, 2.75) is 25.7 Å². The molecule has 0 amide bonds. The molecule has 92 valence electrons. The molecule has 1 N–H and O–H groups in total. The molecule has 18 heavy (non-hydrogen) atoms. The number of benzene rings is 1. The van der Waals surface area contributed by atoms with Gasteiger partial charge in [0.15, 0.2) is 0 Å². The zero-order valence-electron chi connectivity index (χ0n) is 10.0. The molecular weight excluding hydrogens is 231 g/mol. The Bertz CT molecular complexity index is 659. The second-order valence-corrected chi connectivity index (χ2v) is 4.77. The summed E-state index contributed by atoms with van der Waals surface area (Å²) in [4.78, 5) is 18.7. The third-order valence-corrected chi connectivity index (χ3v) is 3.12. The van der Waals surface area contributed by atoms with E-state index < -0.39 is 0 Å². The van der Waals surface area contributed by atoms with E-state index in [9.17, 15) is 9.18 Å². The van der Waals surface area contributed by atoms with Crippen molar-refractivity contribution in [3.05, 3.63) is 51.8 Å². The number of hydrogen-bond acceptors (Lipinski definition) is 2. The van der Waals surface area contributed by atoms with Crippen LogP contribution >= 0.6 is 0 Å². The Morgan fingerprint density at radius 3 is 2.83 bits per heavy atom. The predicted molar refractivity (Wildman–Crippen MR) is 67.0 cm³/mol. The van der Waals surface area contributed by atoms with E-state index in [1.807, 2.05) is 6.92 Å². The van der Waals surface area contributed by atoms with Crippen molar-refractivity contribution in [1.82, 2.24) is 9.97 Å². The van der Waals surface area contributed by atoms with Crippen molar-refractivity contribution in [2.24, 2.45) is 0 Å². The smallest absolute Gasteiger partial charge is 0.251 e. The minimum Gasteiger partial charge on any atom is -0.310 e. The van der Waals surface area contributed by atoms with Crippen LogP contribution in [0.4, 0.5) is 4.39 Å². The second-order valence-electron chi connectivity index (χ2n) is 4.77. The summed E-state index contributed by atoms with van der Waals surface area (Å²) < 4.78 is 13.8. The molecule has 0 unspecified atom stereocenters. The van der Waals surface area contributed by atoms with E-state index in [-0.39, 0.29) is 11.4 Å². The lowest BCUT2D eigenvalue weighted by Crippen LogP contribution is -2.10. The summed E-state index contributed by atoms with van der Waals surface area (Å²) in [6.07, 6.45) is 2.09. The first-order valence-corrected chi connectivity index (χ1v) is 6.01. The first-order chi connectivity index (χ1) is 8.63. The summed E-state index contributed by atoms with van der Waals surface area (Å²) in [7, 11) is 0. The molecule has 0 aliphatic heterocycles. The summed E-state index contributed by atoms with van der Waals surface area (Å²) in [6, 6.07) is 6.18. The van der Waals surface area contributed by atoms with Crippen LogP contribution in [0.2, 0.25) is 0 Å². The number of aromatic amines is 1. The van der Waals surface area contributed by atoms with Gasteiger partial charge in [-0.25, -0.2) is 9.37 Å². The van der Waals surface area contributed by atoms with Crippen LogP contribution in [0.15, 0.2) is 29.1 Å². The highest BCUT2D eigenvalue weighted by Crippen LogP contribution is 2.38. The van der Waals surface area contributed by atoms with Gasteiger partial charge in [-0.1, -0.05) is 11.6 Å². The minimum absolute atomic E-state index is 0.220. The molecule has 1 heterocycles. The Hall–Kier alpha value is -1.97. The van der Waals surface area contributed by atoms with Gasteiger partial charge in [0.2, 0.25) is 0 Å². The zero-order chi connectivity index (χ0) is 12.7. The van der Waals surface area contributed by atoms with Gasteiger partial charge in [-0.15, -0.1) is 0 Å². The number of H-pyrrole nitrogens is 1. The predicted octanol–water partition coefficient (Wildman–Crippen LogP) is 2.76. The number of nitrogens with zero attached hydrogens (tertiary/aromatic N) is 1. The average Bonchev–Trinajstić information content (AvgIpc) is 3.15. The number of aromatic nitrogens is 2. The maximum Gasteiger partial charge on any atom is 0.251 e. The van der Waals surface area contributed by atoms with Gasteiger partial charge < -0.3 is 4.98 Å². The second kappa shape index (κ2) is 4.05. The summed E-state index contributed by atoms with van der Waals surface area (Å²) in [5.74, 6) is 0.671. The molecule has 0 saturated heterocycles. The summed E-state index contributed by atoms with van der Waals surface area (Å²) in [5.41, 5.74) is 1.54. The Labute approximate surface area is 104 Å². The van der Waals surface area contributed by atoms with Crippen molar-refractivity contribution in [3.8, 4) is 11.3 Å².